The fourth-order valence-electron chi connectivity index (χ4n) is 1.44. The molecule has 6 N–H and O–H groups in total. The van der Waals surface area contributed by atoms with Crippen LogP contribution in [0.15, 0.2) is 18.2 Å². The third-order valence-corrected chi connectivity index (χ3v) is 2.36. The Labute approximate surface area is 93.9 Å². The van der Waals surface area contributed by atoms with E-state index in [0.29, 0.717) is 16.8 Å². The fourth-order valence-corrected chi connectivity index (χ4v) is 1.44. The van der Waals surface area contributed by atoms with Gasteiger partial charge in [0.15, 0.2) is 0 Å². The quantitative estimate of drug-likeness (QED) is 0.529. The van der Waals surface area contributed by atoms with Crippen LogP contribution in [0.4, 0.5) is 5.69 Å². The molecule has 0 saturated heterocycles. The molecular formula is C11H15N3O2. The van der Waals surface area contributed by atoms with E-state index in [9.17, 15) is 10.2 Å². The van der Waals surface area contributed by atoms with Gasteiger partial charge in [0.05, 0.1) is 17.7 Å². The molecule has 0 heterocycles. The monoisotopic (exact) mass is 221 g/mol. The van der Waals surface area contributed by atoms with Crippen molar-refractivity contribution in [3.63, 3.8) is 0 Å². The van der Waals surface area contributed by atoms with E-state index >= 15 is 0 Å². The summed E-state index contributed by atoms with van der Waals surface area (Å²) in [5, 5.41) is 28.1. The Morgan fingerprint density at radius 1 is 1.38 bits per heavy atom. The van der Waals surface area contributed by atoms with Crippen molar-refractivity contribution >= 4 is 5.69 Å². The lowest BCUT2D eigenvalue weighted by atomic mass is 9.98. The summed E-state index contributed by atoms with van der Waals surface area (Å²) in [5.41, 5.74) is 12.1. The predicted octanol–water partition coefficient (Wildman–Crippen LogP) is -0.116. The van der Waals surface area contributed by atoms with Crippen LogP contribution < -0.4 is 11.5 Å². The molecule has 1 rings (SSSR count). The second kappa shape index (κ2) is 5.47. The highest BCUT2D eigenvalue weighted by Crippen LogP contribution is 2.25. The Hall–Kier alpha value is -1.61. The number of hydrogen-bond donors (Lipinski definition) is 4. The highest BCUT2D eigenvalue weighted by atomic mass is 16.3. The zero-order chi connectivity index (χ0) is 12.1. The lowest BCUT2D eigenvalue weighted by molar-refractivity contribution is 0.0154. The molecule has 0 aliphatic heterocycles. The molecule has 5 nitrogen and oxygen atoms in total. The van der Waals surface area contributed by atoms with Crippen molar-refractivity contribution in [2.45, 2.75) is 18.6 Å². The molecule has 1 aromatic rings. The molecule has 5 heteroatoms. The Bertz CT molecular complexity index is 401. The summed E-state index contributed by atoms with van der Waals surface area (Å²) in [6.45, 7) is 0.274. The van der Waals surface area contributed by atoms with E-state index in [-0.39, 0.29) is 13.0 Å². The second-order valence-corrected chi connectivity index (χ2v) is 3.55. The smallest absolute Gasteiger partial charge is 0.107 e. The van der Waals surface area contributed by atoms with Crippen LogP contribution in [-0.2, 0) is 0 Å². The Balaban J connectivity index is 2.98. The molecular weight excluding hydrogens is 206 g/mol. The number of hydrogen-bond acceptors (Lipinski definition) is 5. The molecule has 0 aliphatic carbocycles. The number of nitrogen functional groups attached to an aromatic ring is 1. The van der Waals surface area contributed by atoms with Gasteiger partial charge in [-0.2, -0.15) is 5.26 Å². The first-order chi connectivity index (χ1) is 7.60. The van der Waals surface area contributed by atoms with E-state index in [1.54, 1.807) is 6.07 Å². The summed E-state index contributed by atoms with van der Waals surface area (Å²) in [7, 11) is 0. The van der Waals surface area contributed by atoms with Gasteiger partial charge < -0.3 is 21.7 Å². The van der Waals surface area contributed by atoms with Gasteiger partial charge in [0, 0.05) is 11.3 Å². The fraction of sp³-hybridized carbons (Fsp3) is 0.364. The summed E-state index contributed by atoms with van der Waals surface area (Å²) >= 11 is 0. The number of nitriles is 1. The number of anilines is 1. The van der Waals surface area contributed by atoms with E-state index in [0.717, 1.165) is 0 Å². The molecule has 16 heavy (non-hydrogen) atoms. The normalized spacial score (nSPS) is 14.1. The second-order valence-electron chi connectivity index (χ2n) is 3.55. The van der Waals surface area contributed by atoms with Crippen LogP contribution in [0.25, 0.3) is 0 Å². The molecule has 1 aromatic carbocycles. The van der Waals surface area contributed by atoms with Crippen molar-refractivity contribution in [2.24, 2.45) is 5.73 Å². The van der Waals surface area contributed by atoms with E-state index in [2.05, 4.69) is 0 Å². The maximum absolute atomic E-state index is 9.83. The zero-order valence-electron chi connectivity index (χ0n) is 8.80. The number of aliphatic hydroxyl groups excluding tert-OH is 2. The zero-order valence-corrected chi connectivity index (χ0v) is 8.80. The lowest BCUT2D eigenvalue weighted by Crippen LogP contribution is -2.22. The van der Waals surface area contributed by atoms with Crippen molar-refractivity contribution in [1.82, 2.24) is 0 Å². The summed E-state index contributed by atoms with van der Waals surface area (Å²) in [5.74, 6) is 0. The highest BCUT2D eigenvalue weighted by Gasteiger charge is 2.20. The van der Waals surface area contributed by atoms with E-state index in [1.807, 2.05) is 6.07 Å². The van der Waals surface area contributed by atoms with Gasteiger partial charge in [0.1, 0.15) is 6.10 Å². The van der Waals surface area contributed by atoms with Crippen molar-refractivity contribution in [3.8, 4) is 6.07 Å². The molecule has 0 saturated carbocycles. The minimum atomic E-state index is -1.11. The van der Waals surface area contributed by atoms with Gasteiger partial charge in [-0.25, -0.2) is 0 Å². The molecule has 0 spiro atoms. The molecule has 0 aromatic heterocycles. The molecule has 86 valence electrons. The Kier molecular flexibility index (Phi) is 4.26. The predicted molar refractivity (Wildman–Crippen MR) is 60.2 cm³/mol. The van der Waals surface area contributed by atoms with Gasteiger partial charge in [-0.05, 0) is 31.2 Å². The van der Waals surface area contributed by atoms with Crippen LogP contribution in [0.5, 0.6) is 0 Å². The molecule has 0 amide bonds. The molecule has 0 fully saturated rings. The first-order valence-corrected chi connectivity index (χ1v) is 4.96. The minimum Gasteiger partial charge on any atom is -0.398 e. The van der Waals surface area contributed by atoms with Gasteiger partial charge in [-0.3, -0.25) is 0 Å². The van der Waals surface area contributed by atoms with Crippen molar-refractivity contribution in [3.05, 3.63) is 29.3 Å². The van der Waals surface area contributed by atoms with Crippen molar-refractivity contribution in [2.75, 3.05) is 12.3 Å². The van der Waals surface area contributed by atoms with Crippen LogP contribution in [0, 0.1) is 11.3 Å². The van der Waals surface area contributed by atoms with Gasteiger partial charge >= 0.3 is 0 Å². The number of nitrogens with two attached hydrogens (primary N) is 2. The van der Waals surface area contributed by atoms with E-state index in [1.165, 1.54) is 12.1 Å². The summed E-state index contributed by atoms with van der Waals surface area (Å²) in [6.07, 6.45) is -1.81. The molecule has 0 aliphatic rings. The van der Waals surface area contributed by atoms with E-state index < -0.39 is 12.2 Å². The number of aliphatic hydroxyl groups is 2. The van der Waals surface area contributed by atoms with Crippen LogP contribution in [-0.4, -0.2) is 22.9 Å². The topological polar surface area (TPSA) is 116 Å². The third-order valence-electron chi connectivity index (χ3n) is 2.36. The standard InChI is InChI=1S/C11H15N3O2/c12-4-3-10(15)11(16)8-5-7(6-13)1-2-9(8)14/h1-2,5,10-11,15-16H,3-4,12,14H2. The Morgan fingerprint density at radius 3 is 2.62 bits per heavy atom. The lowest BCUT2D eigenvalue weighted by Gasteiger charge is -2.19. The first-order valence-electron chi connectivity index (χ1n) is 4.96. The van der Waals surface area contributed by atoms with Crippen LogP contribution in [0.3, 0.4) is 0 Å². The van der Waals surface area contributed by atoms with Crippen molar-refractivity contribution in [1.29, 1.82) is 5.26 Å². The largest absolute Gasteiger partial charge is 0.398 e. The van der Waals surface area contributed by atoms with Gasteiger partial charge in [0.2, 0.25) is 0 Å². The first kappa shape index (κ1) is 12.5. The number of benzene rings is 1. The summed E-state index contributed by atoms with van der Waals surface area (Å²) in [6, 6.07) is 6.51. The van der Waals surface area contributed by atoms with Crippen LogP contribution >= 0.6 is 0 Å². The third kappa shape index (κ3) is 2.70. The molecule has 2 unspecified atom stereocenters. The molecule has 0 radical (unpaired) electrons. The van der Waals surface area contributed by atoms with Gasteiger partial charge in [-0.1, -0.05) is 0 Å². The van der Waals surface area contributed by atoms with Crippen molar-refractivity contribution < 1.29 is 10.2 Å². The van der Waals surface area contributed by atoms with Gasteiger partial charge in [-0.15, -0.1) is 0 Å². The number of nitrogens with zero attached hydrogens (tertiary/aromatic N) is 1. The maximum atomic E-state index is 9.83. The average molecular weight is 221 g/mol. The SMILES string of the molecule is N#Cc1ccc(N)c(C(O)C(O)CCN)c1. The number of rotatable bonds is 4. The van der Waals surface area contributed by atoms with Gasteiger partial charge in [0.25, 0.3) is 0 Å². The highest BCUT2D eigenvalue weighted by molar-refractivity contribution is 5.52. The average Bonchev–Trinajstić information content (AvgIpc) is 2.29. The Morgan fingerprint density at radius 2 is 2.06 bits per heavy atom. The molecule has 0 bridgehead atoms. The van der Waals surface area contributed by atoms with Crippen LogP contribution in [0.2, 0.25) is 0 Å². The molecule has 2 atom stereocenters. The maximum Gasteiger partial charge on any atom is 0.107 e. The summed E-state index contributed by atoms with van der Waals surface area (Å²) < 4.78 is 0. The van der Waals surface area contributed by atoms with Crippen LogP contribution in [0.1, 0.15) is 23.7 Å². The minimum absolute atomic E-state index is 0.274. The summed E-state index contributed by atoms with van der Waals surface area (Å²) in [4.78, 5) is 0. The van der Waals surface area contributed by atoms with E-state index in [4.69, 9.17) is 16.7 Å².